The zero-order valence-electron chi connectivity index (χ0n) is 24.8. The van der Waals surface area contributed by atoms with Crippen molar-refractivity contribution in [3.8, 4) is 28.6 Å². The summed E-state index contributed by atoms with van der Waals surface area (Å²) in [7, 11) is 0. The Labute approximate surface area is 272 Å². The number of anilines is 1. The predicted molar refractivity (Wildman–Crippen MR) is 162 cm³/mol. The van der Waals surface area contributed by atoms with E-state index >= 15 is 0 Å². The Morgan fingerprint density at radius 3 is 2.42 bits per heavy atom. The first-order chi connectivity index (χ1) is 22.8. The van der Waals surface area contributed by atoms with Gasteiger partial charge in [0.05, 0.1) is 17.1 Å². The molecule has 1 saturated heterocycles. The third-order valence-corrected chi connectivity index (χ3v) is 7.47. The zero-order valence-corrected chi connectivity index (χ0v) is 25.6. The van der Waals surface area contributed by atoms with E-state index in [0.717, 1.165) is 28.8 Å². The second-order valence-corrected chi connectivity index (χ2v) is 11.0. The van der Waals surface area contributed by atoms with Crippen LogP contribution in [0.1, 0.15) is 24.2 Å². The van der Waals surface area contributed by atoms with Gasteiger partial charge in [0.25, 0.3) is 6.36 Å². The van der Waals surface area contributed by atoms with Crippen molar-refractivity contribution >= 4 is 34.6 Å². The third-order valence-electron chi connectivity index (χ3n) is 6.54. The summed E-state index contributed by atoms with van der Waals surface area (Å²) in [5.74, 6) is -1.02. The lowest BCUT2D eigenvalue weighted by molar-refractivity contribution is -0.274. The van der Waals surface area contributed by atoms with Gasteiger partial charge in [-0.05, 0) is 61.4 Å². The summed E-state index contributed by atoms with van der Waals surface area (Å²) in [6, 6.07) is 15.1. The molecule has 48 heavy (non-hydrogen) atoms. The topological polar surface area (TPSA) is 120 Å². The van der Waals surface area contributed by atoms with E-state index in [1.54, 1.807) is 38.1 Å². The molecule has 1 aliphatic rings. The van der Waals surface area contributed by atoms with Gasteiger partial charge in [-0.15, -0.1) is 18.3 Å². The minimum Gasteiger partial charge on any atom is -0.452 e. The van der Waals surface area contributed by atoms with Crippen molar-refractivity contribution in [3.05, 3.63) is 84.2 Å². The van der Waals surface area contributed by atoms with Crippen molar-refractivity contribution in [2.45, 2.75) is 39.1 Å². The molecule has 3 amide bonds. The molecule has 0 radical (unpaired) electrons. The number of hydrogen-bond acceptors (Lipinski definition) is 8. The van der Waals surface area contributed by atoms with Gasteiger partial charge >= 0.3 is 18.8 Å². The van der Waals surface area contributed by atoms with Crippen molar-refractivity contribution in [2.75, 3.05) is 10.7 Å². The van der Waals surface area contributed by atoms with Gasteiger partial charge < -0.3 is 9.47 Å². The largest absolute Gasteiger partial charge is 0.573 e. The Kier molecular flexibility index (Phi) is 10.2. The van der Waals surface area contributed by atoms with Gasteiger partial charge in [-0.3, -0.25) is 14.5 Å². The van der Waals surface area contributed by atoms with Crippen LogP contribution in [0.15, 0.2) is 78.0 Å². The summed E-state index contributed by atoms with van der Waals surface area (Å²) < 4.78 is 86.5. The van der Waals surface area contributed by atoms with E-state index in [-0.39, 0.29) is 28.1 Å². The lowest BCUT2D eigenvalue weighted by Gasteiger charge is -2.21. The fraction of sp³-hybridized carbons (Fsp3) is 0.233. The van der Waals surface area contributed by atoms with Crippen molar-refractivity contribution in [1.29, 1.82) is 0 Å². The number of aromatic nitrogens is 3. The summed E-state index contributed by atoms with van der Waals surface area (Å²) in [5.41, 5.74) is 4.45. The molecule has 0 saturated carbocycles. The molecule has 0 aliphatic carbocycles. The van der Waals surface area contributed by atoms with Crippen molar-refractivity contribution < 1.29 is 50.2 Å². The van der Waals surface area contributed by atoms with Crippen LogP contribution in [0.25, 0.3) is 17.1 Å². The Balaban J connectivity index is 1.21. The molecule has 3 aromatic carbocycles. The molecule has 2 atom stereocenters. The molecule has 1 aliphatic heterocycles. The number of rotatable bonds is 10. The number of carbonyl (C=O) groups excluding carboxylic acids is 2. The van der Waals surface area contributed by atoms with E-state index in [0.29, 0.717) is 28.2 Å². The summed E-state index contributed by atoms with van der Waals surface area (Å²) in [4.78, 5) is 39.9. The Morgan fingerprint density at radius 2 is 1.75 bits per heavy atom. The van der Waals surface area contributed by atoms with Gasteiger partial charge in [-0.1, -0.05) is 42.1 Å². The molecule has 1 N–H and O–H groups in total. The highest BCUT2D eigenvalue weighted by Crippen LogP contribution is 2.36. The lowest BCUT2D eigenvalue weighted by atomic mass is 10.1. The van der Waals surface area contributed by atoms with Crippen LogP contribution in [-0.2, 0) is 9.63 Å². The fourth-order valence-corrected chi connectivity index (χ4v) is 5.15. The number of aryl methyl sites for hydroxylation is 1. The maximum Gasteiger partial charge on any atom is 0.573 e. The molecule has 2 heterocycles. The third kappa shape index (κ3) is 8.43. The average molecular weight is 695 g/mol. The first-order valence-electron chi connectivity index (χ1n) is 13.8. The van der Waals surface area contributed by atoms with Crippen molar-refractivity contribution in [2.24, 2.45) is 4.99 Å². The molecule has 0 bridgehead atoms. The lowest BCUT2D eigenvalue weighted by Crippen LogP contribution is -2.32. The van der Waals surface area contributed by atoms with Crippen LogP contribution < -0.4 is 19.9 Å². The van der Waals surface area contributed by atoms with Crippen molar-refractivity contribution in [1.82, 2.24) is 20.2 Å². The molecular weight excluding hydrogens is 670 g/mol. The molecule has 5 rings (SSSR count). The SMILES string of the molecule is Cc1ccc(OC(F)C(F)F)c(N2C(=O)CS/C2=N\C(=O)NOC(C)c2ccc(-c3ncn(-c4ccc(OC(F)(F)F)cc4)n3)cc2)c1. The number of hydroxylamine groups is 1. The molecule has 252 valence electrons. The van der Waals surface area contributed by atoms with Gasteiger partial charge in [-0.25, -0.2) is 28.7 Å². The van der Waals surface area contributed by atoms with Crippen LogP contribution in [0, 0.1) is 6.92 Å². The molecule has 18 heteroatoms. The van der Waals surface area contributed by atoms with Crippen LogP contribution in [-0.4, -0.2) is 56.8 Å². The first kappa shape index (κ1) is 34.2. The van der Waals surface area contributed by atoms with E-state index in [9.17, 15) is 35.9 Å². The van der Waals surface area contributed by atoms with Crippen molar-refractivity contribution in [3.63, 3.8) is 0 Å². The van der Waals surface area contributed by atoms with Gasteiger partial charge in [0, 0.05) is 5.56 Å². The predicted octanol–water partition coefficient (Wildman–Crippen LogP) is 6.92. The average Bonchev–Trinajstić information content (AvgIpc) is 3.67. The molecular formula is C30H24F6N6O5S. The number of amidine groups is 1. The van der Waals surface area contributed by atoms with E-state index in [4.69, 9.17) is 9.57 Å². The number of halogens is 6. The van der Waals surface area contributed by atoms with Gasteiger partial charge in [0.2, 0.25) is 5.91 Å². The van der Waals surface area contributed by atoms with E-state index in [1.165, 1.54) is 41.3 Å². The summed E-state index contributed by atoms with van der Waals surface area (Å²) in [5, 5.41) is 4.25. The number of alkyl halides is 6. The minimum absolute atomic E-state index is 0.0537. The number of aliphatic imine (C=N–C) groups is 1. The highest BCUT2D eigenvalue weighted by Gasteiger charge is 2.34. The monoisotopic (exact) mass is 694 g/mol. The van der Waals surface area contributed by atoms with Crippen LogP contribution in [0.2, 0.25) is 0 Å². The Hall–Kier alpha value is -5.10. The van der Waals surface area contributed by atoms with E-state index < -0.39 is 37.2 Å². The minimum atomic E-state index is -4.80. The van der Waals surface area contributed by atoms with E-state index in [1.807, 2.05) is 0 Å². The van der Waals surface area contributed by atoms with Gasteiger partial charge in [-0.2, -0.15) is 9.38 Å². The molecule has 11 nitrogen and oxygen atoms in total. The van der Waals surface area contributed by atoms with E-state index in [2.05, 4.69) is 25.3 Å². The van der Waals surface area contributed by atoms with Crippen LogP contribution in [0.3, 0.4) is 0 Å². The summed E-state index contributed by atoms with van der Waals surface area (Å²) in [6.45, 7) is 3.31. The first-order valence-corrected chi connectivity index (χ1v) is 14.8. The number of benzene rings is 3. The Bertz CT molecular complexity index is 1800. The Morgan fingerprint density at radius 1 is 1.04 bits per heavy atom. The number of hydrogen-bond donors (Lipinski definition) is 1. The molecule has 1 fully saturated rings. The zero-order chi connectivity index (χ0) is 34.6. The number of amides is 3. The standard InChI is InChI=1S/C30H24F6N6O5S/c1-16-3-12-23(45-26(33)25(31)32)22(13-16)42-24(43)14-48-29(42)38-28(44)40-47-17(2)18-4-6-19(7-5-18)27-37-15-41(39-27)20-8-10-21(11-9-20)46-30(34,35)36/h3-13,15,17,25-26H,14H2,1-2H3,(H,40,44)/b38-29-. The molecule has 2 unspecified atom stereocenters. The number of nitrogens with one attached hydrogen (secondary N) is 1. The molecule has 1 aromatic heterocycles. The maximum atomic E-state index is 13.7. The highest BCUT2D eigenvalue weighted by atomic mass is 32.2. The smallest absolute Gasteiger partial charge is 0.452 e. The maximum absolute atomic E-state index is 13.7. The second-order valence-electron chi connectivity index (χ2n) is 10.0. The summed E-state index contributed by atoms with van der Waals surface area (Å²) in [6.07, 6.45) is -10.4. The fourth-order valence-electron chi connectivity index (χ4n) is 4.30. The quantitative estimate of drug-likeness (QED) is 0.140. The van der Waals surface area contributed by atoms with Crippen LogP contribution in [0.5, 0.6) is 11.5 Å². The normalized spacial score (nSPS) is 15.6. The molecule has 4 aromatic rings. The molecule has 0 spiro atoms. The number of nitrogens with zero attached hydrogens (tertiary/aromatic N) is 5. The van der Waals surface area contributed by atoms with Crippen LogP contribution in [0.4, 0.5) is 36.8 Å². The number of urea groups is 1. The number of carbonyl (C=O) groups is 2. The van der Waals surface area contributed by atoms with Crippen LogP contribution >= 0.6 is 11.8 Å². The van der Waals surface area contributed by atoms with Gasteiger partial charge in [0.15, 0.2) is 11.0 Å². The number of thioether (sulfide) groups is 1. The summed E-state index contributed by atoms with van der Waals surface area (Å²) >= 11 is 0.907. The second kappa shape index (κ2) is 14.3. The highest BCUT2D eigenvalue weighted by molar-refractivity contribution is 8.15. The number of ether oxygens (including phenoxy) is 2. The van der Waals surface area contributed by atoms with Gasteiger partial charge in [0.1, 0.15) is 23.9 Å².